The lowest BCUT2D eigenvalue weighted by Crippen LogP contribution is -2.40. The Morgan fingerprint density at radius 1 is 1.24 bits per heavy atom. The van der Waals surface area contributed by atoms with Crippen LogP contribution in [0.2, 0.25) is 0 Å². The predicted molar refractivity (Wildman–Crippen MR) is 109 cm³/mol. The first-order valence-electron chi connectivity index (χ1n) is 9.50. The van der Waals surface area contributed by atoms with Gasteiger partial charge in [0.05, 0.1) is 18.2 Å². The lowest BCUT2D eigenvalue weighted by Gasteiger charge is -2.31. The molecule has 6 nitrogen and oxygen atoms in total. The van der Waals surface area contributed by atoms with E-state index < -0.39 is 11.3 Å². The van der Waals surface area contributed by atoms with Crippen LogP contribution in [0.25, 0.3) is 16.6 Å². The van der Waals surface area contributed by atoms with Crippen LogP contribution in [0.4, 0.5) is 4.39 Å². The summed E-state index contributed by atoms with van der Waals surface area (Å²) in [4.78, 5) is 27.0. The van der Waals surface area contributed by atoms with E-state index in [9.17, 15) is 14.0 Å². The summed E-state index contributed by atoms with van der Waals surface area (Å²) in [6, 6.07) is 11.5. The second-order valence-corrected chi connectivity index (χ2v) is 7.35. The maximum absolute atomic E-state index is 13.3. The standard InChI is InChI=1S/C22H22FN3O3/c1-14-11-25(8-9-29-14)12-15-2-7-20-18(10-15)21(27)19(22(24)28)13-26(20)17-5-3-16(23)4-6-17/h2-7,10,13-14H,8-9,11-12H2,1H3,(H2,24,28)/t14-/m0/s1. The van der Waals surface area contributed by atoms with Gasteiger partial charge in [-0.3, -0.25) is 14.5 Å². The first kappa shape index (κ1) is 19.3. The van der Waals surface area contributed by atoms with Crippen LogP contribution in [0.3, 0.4) is 0 Å². The first-order chi connectivity index (χ1) is 13.9. The van der Waals surface area contributed by atoms with Gasteiger partial charge >= 0.3 is 0 Å². The molecule has 1 aromatic heterocycles. The van der Waals surface area contributed by atoms with Crippen molar-refractivity contribution in [2.45, 2.75) is 19.6 Å². The molecule has 0 saturated carbocycles. The number of halogens is 1. The van der Waals surface area contributed by atoms with E-state index in [0.717, 1.165) is 18.7 Å². The summed E-state index contributed by atoms with van der Waals surface area (Å²) >= 11 is 0. The van der Waals surface area contributed by atoms with Crippen molar-refractivity contribution in [3.05, 3.63) is 75.8 Å². The van der Waals surface area contributed by atoms with Crippen LogP contribution in [-0.2, 0) is 11.3 Å². The highest BCUT2D eigenvalue weighted by Gasteiger charge is 2.18. The van der Waals surface area contributed by atoms with Crippen molar-refractivity contribution in [3.8, 4) is 5.69 Å². The smallest absolute Gasteiger partial charge is 0.254 e. The summed E-state index contributed by atoms with van der Waals surface area (Å²) in [5, 5.41) is 0.407. The van der Waals surface area contributed by atoms with Gasteiger partial charge in [-0.15, -0.1) is 0 Å². The van der Waals surface area contributed by atoms with Gasteiger partial charge in [-0.2, -0.15) is 0 Å². The van der Waals surface area contributed by atoms with E-state index in [-0.39, 0.29) is 17.5 Å². The van der Waals surface area contributed by atoms with Crippen LogP contribution in [-0.4, -0.2) is 41.2 Å². The molecule has 1 fully saturated rings. The summed E-state index contributed by atoms with van der Waals surface area (Å²) in [5.74, 6) is -1.16. The molecule has 2 heterocycles. The Balaban J connectivity index is 1.82. The Morgan fingerprint density at radius 2 is 2.00 bits per heavy atom. The third-order valence-electron chi connectivity index (χ3n) is 5.17. The number of carbonyl (C=O) groups is 1. The Hall–Kier alpha value is -3.03. The van der Waals surface area contributed by atoms with E-state index in [1.54, 1.807) is 16.7 Å². The quantitative estimate of drug-likeness (QED) is 0.736. The van der Waals surface area contributed by atoms with Gasteiger partial charge in [-0.05, 0) is 48.9 Å². The molecule has 1 saturated heterocycles. The molecule has 0 radical (unpaired) electrons. The van der Waals surface area contributed by atoms with Gasteiger partial charge in [0.2, 0.25) is 5.43 Å². The highest BCUT2D eigenvalue weighted by atomic mass is 19.1. The summed E-state index contributed by atoms with van der Waals surface area (Å²) in [5.41, 5.74) is 7.18. The fourth-order valence-corrected chi connectivity index (χ4v) is 3.76. The van der Waals surface area contributed by atoms with E-state index in [0.29, 0.717) is 29.7 Å². The van der Waals surface area contributed by atoms with Gasteiger partial charge in [-0.25, -0.2) is 4.39 Å². The molecular formula is C22H22FN3O3. The predicted octanol–water partition coefficient (Wildman–Crippen LogP) is 2.45. The highest BCUT2D eigenvalue weighted by Crippen LogP contribution is 2.21. The molecule has 1 aliphatic rings. The molecule has 1 atom stereocenters. The molecule has 29 heavy (non-hydrogen) atoms. The molecule has 4 rings (SSSR count). The number of amides is 1. The van der Waals surface area contributed by atoms with Crippen LogP contribution in [0.5, 0.6) is 0 Å². The first-order valence-corrected chi connectivity index (χ1v) is 9.50. The Labute approximate surface area is 167 Å². The van der Waals surface area contributed by atoms with Crippen LogP contribution >= 0.6 is 0 Å². The number of nitrogens with two attached hydrogens (primary N) is 1. The number of morpholine rings is 1. The topological polar surface area (TPSA) is 77.6 Å². The number of nitrogens with zero attached hydrogens (tertiary/aromatic N) is 2. The Bertz CT molecular complexity index is 1120. The van der Waals surface area contributed by atoms with Crippen molar-refractivity contribution in [2.75, 3.05) is 19.7 Å². The monoisotopic (exact) mass is 395 g/mol. The summed E-state index contributed by atoms with van der Waals surface area (Å²) < 4.78 is 20.6. The fraction of sp³-hybridized carbons (Fsp3) is 0.273. The number of fused-ring (bicyclic) bond motifs is 1. The number of rotatable bonds is 4. The highest BCUT2D eigenvalue weighted by molar-refractivity contribution is 5.96. The molecule has 1 aliphatic heterocycles. The average molecular weight is 395 g/mol. The van der Waals surface area contributed by atoms with Crippen molar-refractivity contribution in [3.63, 3.8) is 0 Å². The van der Waals surface area contributed by atoms with Crippen molar-refractivity contribution in [1.29, 1.82) is 0 Å². The molecule has 0 unspecified atom stereocenters. The zero-order chi connectivity index (χ0) is 20.5. The van der Waals surface area contributed by atoms with Gasteiger partial charge in [-0.1, -0.05) is 6.07 Å². The van der Waals surface area contributed by atoms with Gasteiger partial charge in [0.15, 0.2) is 0 Å². The second kappa shape index (κ2) is 7.77. The minimum atomic E-state index is -0.792. The van der Waals surface area contributed by atoms with E-state index in [1.807, 2.05) is 25.1 Å². The third-order valence-corrected chi connectivity index (χ3v) is 5.17. The summed E-state index contributed by atoms with van der Waals surface area (Å²) in [7, 11) is 0. The average Bonchev–Trinajstić information content (AvgIpc) is 2.69. The van der Waals surface area contributed by atoms with E-state index in [2.05, 4.69) is 4.90 Å². The summed E-state index contributed by atoms with van der Waals surface area (Å²) in [6.07, 6.45) is 1.59. The Morgan fingerprint density at radius 3 is 2.69 bits per heavy atom. The lowest BCUT2D eigenvalue weighted by atomic mass is 10.1. The van der Waals surface area contributed by atoms with Gasteiger partial charge in [0, 0.05) is 36.9 Å². The molecule has 7 heteroatoms. The number of pyridine rings is 1. The largest absolute Gasteiger partial charge is 0.376 e. The van der Waals surface area contributed by atoms with E-state index in [4.69, 9.17) is 10.5 Å². The number of aromatic nitrogens is 1. The Kier molecular flexibility index (Phi) is 5.17. The number of benzene rings is 2. The maximum Gasteiger partial charge on any atom is 0.254 e. The number of primary amides is 1. The lowest BCUT2D eigenvalue weighted by molar-refractivity contribution is -0.0211. The van der Waals surface area contributed by atoms with Crippen LogP contribution in [0, 0.1) is 5.82 Å². The molecule has 0 aliphatic carbocycles. The number of ether oxygens (including phenoxy) is 1. The second-order valence-electron chi connectivity index (χ2n) is 7.35. The van der Waals surface area contributed by atoms with Crippen molar-refractivity contribution in [2.24, 2.45) is 5.73 Å². The normalized spacial score (nSPS) is 17.5. The minimum Gasteiger partial charge on any atom is -0.376 e. The van der Waals surface area contributed by atoms with E-state index >= 15 is 0 Å². The van der Waals surface area contributed by atoms with Crippen LogP contribution in [0.15, 0.2) is 53.5 Å². The fourth-order valence-electron chi connectivity index (χ4n) is 3.76. The maximum atomic E-state index is 13.3. The number of hydrogen-bond acceptors (Lipinski definition) is 4. The molecule has 3 aromatic rings. The van der Waals surface area contributed by atoms with Crippen molar-refractivity contribution in [1.82, 2.24) is 9.47 Å². The molecule has 0 bridgehead atoms. The number of carbonyl (C=O) groups excluding carboxylic acids is 1. The van der Waals surface area contributed by atoms with Gasteiger partial charge in [0.25, 0.3) is 5.91 Å². The third kappa shape index (κ3) is 3.92. The molecule has 2 aromatic carbocycles. The molecule has 0 spiro atoms. The van der Waals surface area contributed by atoms with Crippen LogP contribution in [0.1, 0.15) is 22.8 Å². The molecule has 1 amide bonds. The number of hydrogen-bond donors (Lipinski definition) is 1. The van der Waals surface area contributed by atoms with E-state index in [1.165, 1.54) is 18.3 Å². The van der Waals surface area contributed by atoms with Crippen molar-refractivity contribution >= 4 is 16.8 Å². The summed E-state index contributed by atoms with van der Waals surface area (Å²) in [6.45, 7) is 5.04. The molecule has 150 valence electrons. The SMILES string of the molecule is C[C@H]1CN(Cc2ccc3c(c2)c(=O)c(C(N)=O)cn3-c2ccc(F)cc2)CCO1. The molecular weight excluding hydrogens is 373 g/mol. The van der Waals surface area contributed by atoms with Gasteiger partial charge < -0.3 is 15.0 Å². The molecule has 2 N–H and O–H groups in total. The zero-order valence-electron chi connectivity index (χ0n) is 16.1. The van der Waals surface area contributed by atoms with Crippen molar-refractivity contribution < 1.29 is 13.9 Å². The van der Waals surface area contributed by atoms with Gasteiger partial charge in [0.1, 0.15) is 11.4 Å². The minimum absolute atomic E-state index is 0.0982. The van der Waals surface area contributed by atoms with Crippen LogP contribution < -0.4 is 11.2 Å². The zero-order valence-corrected chi connectivity index (χ0v) is 16.1.